The van der Waals surface area contributed by atoms with Gasteiger partial charge in [0, 0.05) is 6.54 Å². The van der Waals surface area contributed by atoms with Crippen LogP contribution in [-0.2, 0) is 9.53 Å². The lowest BCUT2D eigenvalue weighted by Crippen LogP contribution is -2.40. The number of oxime groups is 1. The number of amidine groups is 1. The highest BCUT2D eigenvalue weighted by atomic mass is 19.4. The first-order chi connectivity index (χ1) is 7.80. The molecule has 1 amide bonds. The molecule has 0 saturated heterocycles. The van der Waals surface area contributed by atoms with Gasteiger partial charge >= 0.3 is 6.18 Å². The maximum absolute atomic E-state index is 11.7. The molecule has 0 aromatic heterocycles. The minimum Gasteiger partial charge on any atom is -0.409 e. The smallest absolute Gasteiger partial charge is 0.409 e. The molecule has 3 N–H and O–H groups in total. The van der Waals surface area contributed by atoms with Crippen molar-refractivity contribution in [2.75, 3.05) is 26.3 Å². The highest BCUT2D eigenvalue weighted by molar-refractivity contribution is 5.87. The topological polar surface area (TPSA) is 88.1 Å². The van der Waals surface area contributed by atoms with Crippen LogP contribution in [0.4, 0.5) is 13.2 Å². The molecule has 0 aliphatic heterocycles. The summed E-state index contributed by atoms with van der Waals surface area (Å²) >= 11 is 0. The Kier molecular flexibility index (Phi) is 6.33. The van der Waals surface area contributed by atoms with Crippen molar-refractivity contribution in [3.8, 4) is 0 Å². The van der Waals surface area contributed by atoms with Gasteiger partial charge < -0.3 is 20.6 Å². The molecule has 0 rings (SSSR count). The summed E-state index contributed by atoms with van der Waals surface area (Å²) in [5, 5.41) is 10.9. The van der Waals surface area contributed by atoms with Crippen LogP contribution >= 0.6 is 0 Å². The number of ether oxygens (including phenoxy) is 1. The standard InChI is InChI=1S/C8H14F3N3O3/c1-2-14(3-6(12)13-16)7(15)4-17-5-8(9,10)11/h16H,2-5H2,1H3,(H2,12,13). The number of amides is 1. The summed E-state index contributed by atoms with van der Waals surface area (Å²) in [5.41, 5.74) is 5.17. The van der Waals surface area contributed by atoms with Crippen molar-refractivity contribution in [1.82, 2.24) is 4.90 Å². The summed E-state index contributed by atoms with van der Waals surface area (Å²) in [6, 6.07) is 0. The Labute approximate surface area is 95.8 Å². The molecule has 0 aromatic carbocycles. The SMILES string of the molecule is CCN(CC(N)=NO)C(=O)COCC(F)(F)F. The van der Waals surface area contributed by atoms with Crippen molar-refractivity contribution < 1.29 is 27.9 Å². The third-order valence-corrected chi connectivity index (χ3v) is 1.71. The van der Waals surface area contributed by atoms with Gasteiger partial charge in [0.25, 0.3) is 0 Å². The lowest BCUT2D eigenvalue weighted by atomic mass is 10.4. The minimum absolute atomic E-state index is 0.165. The molecule has 100 valence electrons. The molecule has 0 aliphatic rings. The van der Waals surface area contributed by atoms with Gasteiger partial charge in [-0.25, -0.2) is 0 Å². The van der Waals surface area contributed by atoms with Crippen molar-refractivity contribution in [1.29, 1.82) is 0 Å². The van der Waals surface area contributed by atoms with Crippen molar-refractivity contribution in [3.63, 3.8) is 0 Å². The van der Waals surface area contributed by atoms with E-state index in [1.807, 2.05) is 0 Å². The van der Waals surface area contributed by atoms with Crippen molar-refractivity contribution in [3.05, 3.63) is 0 Å². The monoisotopic (exact) mass is 257 g/mol. The van der Waals surface area contributed by atoms with Crippen LogP contribution in [-0.4, -0.2) is 54.3 Å². The molecule has 0 saturated carbocycles. The van der Waals surface area contributed by atoms with Gasteiger partial charge in [0.05, 0.1) is 6.54 Å². The molecule has 0 bridgehead atoms. The number of halogens is 3. The highest BCUT2D eigenvalue weighted by Gasteiger charge is 2.28. The third kappa shape index (κ3) is 7.39. The molecule has 0 radical (unpaired) electrons. The Balaban J connectivity index is 4.09. The normalized spacial score (nSPS) is 12.6. The Morgan fingerprint density at radius 3 is 2.53 bits per heavy atom. The summed E-state index contributed by atoms with van der Waals surface area (Å²) in [4.78, 5) is 12.5. The van der Waals surface area contributed by atoms with E-state index in [9.17, 15) is 18.0 Å². The predicted octanol–water partition coefficient (Wildman–Crippen LogP) is 0.160. The van der Waals surface area contributed by atoms with Gasteiger partial charge in [-0.15, -0.1) is 0 Å². The second-order valence-electron chi connectivity index (χ2n) is 3.11. The van der Waals surface area contributed by atoms with E-state index < -0.39 is 25.3 Å². The number of alkyl halides is 3. The molecule has 0 aromatic rings. The Bertz CT molecular complexity index is 281. The summed E-state index contributed by atoms with van der Waals surface area (Å²) < 4.78 is 39.4. The lowest BCUT2D eigenvalue weighted by Gasteiger charge is -2.20. The van der Waals surface area contributed by atoms with E-state index in [1.54, 1.807) is 6.92 Å². The second kappa shape index (κ2) is 6.94. The number of hydrogen-bond donors (Lipinski definition) is 2. The maximum atomic E-state index is 11.7. The minimum atomic E-state index is -4.47. The van der Waals surface area contributed by atoms with Crippen LogP contribution in [0, 0.1) is 0 Å². The molecule has 0 unspecified atom stereocenters. The van der Waals surface area contributed by atoms with Crippen LogP contribution in [0.15, 0.2) is 5.16 Å². The summed E-state index contributed by atoms with van der Waals surface area (Å²) in [7, 11) is 0. The number of likely N-dealkylation sites (N-methyl/N-ethyl adjacent to an activating group) is 1. The van der Waals surface area contributed by atoms with Gasteiger partial charge in [0.15, 0.2) is 5.84 Å². The molecule has 9 heteroatoms. The predicted molar refractivity (Wildman–Crippen MR) is 52.5 cm³/mol. The van der Waals surface area contributed by atoms with Crippen molar-refractivity contribution >= 4 is 11.7 Å². The summed E-state index contributed by atoms with van der Waals surface area (Å²) in [6.07, 6.45) is -4.47. The first kappa shape index (κ1) is 15.5. The van der Waals surface area contributed by atoms with Crippen LogP contribution in [0.5, 0.6) is 0 Å². The highest BCUT2D eigenvalue weighted by Crippen LogP contribution is 2.14. The van der Waals surface area contributed by atoms with E-state index in [2.05, 4.69) is 9.89 Å². The number of nitrogens with two attached hydrogens (primary N) is 1. The van der Waals surface area contributed by atoms with Gasteiger partial charge in [-0.1, -0.05) is 5.16 Å². The van der Waals surface area contributed by atoms with Gasteiger partial charge in [0.2, 0.25) is 5.91 Å². The summed E-state index contributed by atoms with van der Waals surface area (Å²) in [5.74, 6) is -0.876. The van der Waals surface area contributed by atoms with Crippen molar-refractivity contribution in [2.45, 2.75) is 13.1 Å². The summed E-state index contributed by atoms with van der Waals surface area (Å²) in [6.45, 7) is -0.538. The number of hydrogen-bond acceptors (Lipinski definition) is 4. The fourth-order valence-electron chi connectivity index (χ4n) is 0.949. The number of carbonyl (C=O) groups is 1. The quantitative estimate of drug-likeness (QED) is 0.307. The van der Waals surface area contributed by atoms with Gasteiger partial charge in [0.1, 0.15) is 13.2 Å². The first-order valence-corrected chi connectivity index (χ1v) is 4.68. The van der Waals surface area contributed by atoms with E-state index in [4.69, 9.17) is 10.9 Å². The van der Waals surface area contributed by atoms with Gasteiger partial charge in [-0.2, -0.15) is 13.2 Å². The van der Waals surface area contributed by atoms with Gasteiger partial charge in [-0.3, -0.25) is 4.79 Å². The molecular weight excluding hydrogens is 243 g/mol. The number of rotatable bonds is 6. The second-order valence-corrected chi connectivity index (χ2v) is 3.11. The molecule has 6 nitrogen and oxygen atoms in total. The van der Waals surface area contributed by atoms with Crippen LogP contribution in [0.3, 0.4) is 0 Å². The van der Waals surface area contributed by atoms with E-state index in [0.717, 1.165) is 4.90 Å². The Morgan fingerprint density at radius 1 is 1.53 bits per heavy atom. The zero-order valence-corrected chi connectivity index (χ0v) is 9.20. The maximum Gasteiger partial charge on any atom is 0.411 e. The van der Waals surface area contributed by atoms with E-state index in [-0.39, 0.29) is 18.9 Å². The van der Waals surface area contributed by atoms with E-state index >= 15 is 0 Å². The number of carbonyl (C=O) groups excluding carboxylic acids is 1. The van der Waals surface area contributed by atoms with Crippen molar-refractivity contribution in [2.24, 2.45) is 10.9 Å². The number of nitrogens with zero attached hydrogens (tertiary/aromatic N) is 2. The van der Waals surface area contributed by atoms with Gasteiger partial charge in [-0.05, 0) is 6.92 Å². The lowest BCUT2D eigenvalue weighted by molar-refractivity contribution is -0.177. The molecule has 0 fully saturated rings. The van der Waals surface area contributed by atoms with E-state index in [1.165, 1.54) is 0 Å². The molecule has 0 atom stereocenters. The molecule has 0 aliphatic carbocycles. The van der Waals surface area contributed by atoms with Crippen LogP contribution in [0.25, 0.3) is 0 Å². The van der Waals surface area contributed by atoms with Crippen LogP contribution in [0.1, 0.15) is 6.92 Å². The Morgan fingerprint density at radius 2 is 2.12 bits per heavy atom. The average molecular weight is 257 g/mol. The molecule has 0 heterocycles. The fraction of sp³-hybridized carbons (Fsp3) is 0.750. The zero-order chi connectivity index (χ0) is 13.5. The third-order valence-electron chi connectivity index (χ3n) is 1.71. The molecular formula is C8H14F3N3O3. The largest absolute Gasteiger partial charge is 0.411 e. The Hall–Kier alpha value is -1.51. The first-order valence-electron chi connectivity index (χ1n) is 4.68. The fourth-order valence-corrected chi connectivity index (χ4v) is 0.949. The van der Waals surface area contributed by atoms with Crippen LogP contribution in [0.2, 0.25) is 0 Å². The van der Waals surface area contributed by atoms with Crippen LogP contribution < -0.4 is 5.73 Å². The molecule has 0 spiro atoms. The average Bonchev–Trinajstić information content (AvgIpc) is 2.23. The van der Waals surface area contributed by atoms with E-state index in [0.29, 0.717) is 0 Å². The zero-order valence-electron chi connectivity index (χ0n) is 9.20. The molecule has 17 heavy (non-hydrogen) atoms.